The predicted molar refractivity (Wildman–Crippen MR) is 96.2 cm³/mol. The summed E-state index contributed by atoms with van der Waals surface area (Å²) in [5.41, 5.74) is 0.578. The summed E-state index contributed by atoms with van der Waals surface area (Å²) in [6.45, 7) is 7.70. The Kier molecular flexibility index (Phi) is 7.62. The zero-order chi connectivity index (χ0) is 18.9. The lowest BCUT2D eigenvalue weighted by Gasteiger charge is -2.35. The summed E-state index contributed by atoms with van der Waals surface area (Å²) in [7, 11) is 0. The number of benzene rings is 1. The van der Waals surface area contributed by atoms with Gasteiger partial charge in [0.05, 0.1) is 6.61 Å². The van der Waals surface area contributed by atoms with Crippen molar-refractivity contribution >= 4 is 12.1 Å². The standard InChI is InChI=1S/C18H26F2N4O2/c1-3-21-17(22-6-5-14-11-15(19)13-16(20)12-14)23-7-9-24(10-8-23)18(25)26-4-2/h11-13H,3-10H2,1-2H3,(H,21,22). The number of amides is 1. The van der Waals surface area contributed by atoms with Crippen LogP contribution in [0.4, 0.5) is 13.6 Å². The molecular weight excluding hydrogens is 342 g/mol. The number of aliphatic imine (C=N–C) groups is 1. The molecule has 1 heterocycles. The smallest absolute Gasteiger partial charge is 0.409 e. The van der Waals surface area contributed by atoms with Gasteiger partial charge in [0.15, 0.2) is 5.96 Å². The Morgan fingerprint density at radius 2 is 1.73 bits per heavy atom. The van der Waals surface area contributed by atoms with Crippen LogP contribution in [0.3, 0.4) is 0 Å². The fourth-order valence-corrected chi connectivity index (χ4v) is 2.79. The first kappa shape index (κ1) is 19.9. The highest BCUT2D eigenvalue weighted by atomic mass is 19.1. The minimum atomic E-state index is -0.578. The summed E-state index contributed by atoms with van der Waals surface area (Å²) < 4.78 is 31.5. The van der Waals surface area contributed by atoms with E-state index in [0.29, 0.717) is 57.9 Å². The molecule has 8 heteroatoms. The number of carbonyl (C=O) groups is 1. The fraction of sp³-hybridized carbons (Fsp3) is 0.556. The molecule has 26 heavy (non-hydrogen) atoms. The average molecular weight is 368 g/mol. The SMILES string of the molecule is CCNC(=NCCc1cc(F)cc(F)c1)N1CCN(C(=O)OCC)CC1. The van der Waals surface area contributed by atoms with Crippen molar-refractivity contribution in [3.63, 3.8) is 0 Å². The third-order valence-corrected chi connectivity index (χ3v) is 4.02. The molecule has 144 valence electrons. The van der Waals surface area contributed by atoms with E-state index in [9.17, 15) is 13.6 Å². The Hall–Kier alpha value is -2.38. The first-order valence-corrected chi connectivity index (χ1v) is 8.93. The monoisotopic (exact) mass is 368 g/mol. The molecule has 1 saturated heterocycles. The number of hydrogen-bond donors (Lipinski definition) is 1. The number of hydrogen-bond acceptors (Lipinski definition) is 3. The molecule has 0 unspecified atom stereocenters. The van der Waals surface area contributed by atoms with Crippen LogP contribution in [-0.2, 0) is 11.2 Å². The van der Waals surface area contributed by atoms with E-state index in [1.165, 1.54) is 12.1 Å². The molecule has 0 bridgehead atoms. The van der Waals surface area contributed by atoms with E-state index in [4.69, 9.17) is 4.74 Å². The summed E-state index contributed by atoms with van der Waals surface area (Å²) in [4.78, 5) is 20.1. The predicted octanol–water partition coefficient (Wildman–Crippen LogP) is 2.25. The molecule has 2 rings (SSSR count). The zero-order valence-electron chi connectivity index (χ0n) is 15.3. The van der Waals surface area contributed by atoms with E-state index in [-0.39, 0.29) is 6.09 Å². The van der Waals surface area contributed by atoms with Crippen LogP contribution in [0.1, 0.15) is 19.4 Å². The molecule has 0 aromatic heterocycles. The lowest BCUT2D eigenvalue weighted by Crippen LogP contribution is -2.54. The lowest BCUT2D eigenvalue weighted by atomic mass is 10.1. The Morgan fingerprint density at radius 1 is 1.12 bits per heavy atom. The molecule has 0 aliphatic carbocycles. The van der Waals surface area contributed by atoms with Crippen LogP contribution in [0.15, 0.2) is 23.2 Å². The molecule has 0 radical (unpaired) electrons. The van der Waals surface area contributed by atoms with Gasteiger partial charge < -0.3 is 19.9 Å². The molecule has 0 spiro atoms. The van der Waals surface area contributed by atoms with Gasteiger partial charge in [0.2, 0.25) is 0 Å². The van der Waals surface area contributed by atoms with E-state index in [1.807, 2.05) is 6.92 Å². The van der Waals surface area contributed by atoms with Crippen LogP contribution in [0.5, 0.6) is 0 Å². The summed E-state index contributed by atoms with van der Waals surface area (Å²) >= 11 is 0. The maximum atomic E-state index is 13.2. The quantitative estimate of drug-likeness (QED) is 0.640. The van der Waals surface area contributed by atoms with Crippen molar-refractivity contribution in [1.82, 2.24) is 15.1 Å². The zero-order valence-corrected chi connectivity index (χ0v) is 15.3. The molecule has 6 nitrogen and oxygen atoms in total. The number of nitrogens with zero attached hydrogens (tertiary/aromatic N) is 3. The van der Waals surface area contributed by atoms with Gasteiger partial charge in [0.25, 0.3) is 0 Å². The summed E-state index contributed by atoms with van der Waals surface area (Å²) in [5, 5.41) is 3.22. The maximum absolute atomic E-state index is 13.2. The fourth-order valence-electron chi connectivity index (χ4n) is 2.79. The van der Waals surface area contributed by atoms with Gasteiger partial charge in [-0.15, -0.1) is 0 Å². The van der Waals surface area contributed by atoms with Gasteiger partial charge in [-0.05, 0) is 38.0 Å². The average Bonchev–Trinajstić information content (AvgIpc) is 2.60. The normalized spacial score (nSPS) is 15.2. The van der Waals surface area contributed by atoms with Gasteiger partial charge in [-0.2, -0.15) is 0 Å². The van der Waals surface area contributed by atoms with Crippen molar-refractivity contribution < 1.29 is 18.3 Å². The molecule has 0 saturated carbocycles. The second-order valence-corrected chi connectivity index (χ2v) is 5.94. The molecule has 1 N–H and O–H groups in total. The van der Waals surface area contributed by atoms with Gasteiger partial charge in [-0.25, -0.2) is 13.6 Å². The van der Waals surface area contributed by atoms with E-state index < -0.39 is 11.6 Å². The molecule has 1 aromatic carbocycles. The number of ether oxygens (including phenoxy) is 1. The van der Waals surface area contributed by atoms with Gasteiger partial charge in [-0.1, -0.05) is 0 Å². The first-order valence-electron chi connectivity index (χ1n) is 8.93. The molecule has 1 aliphatic heterocycles. The highest BCUT2D eigenvalue weighted by Gasteiger charge is 2.23. The van der Waals surface area contributed by atoms with Crippen LogP contribution in [0.2, 0.25) is 0 Å². The van der Waals surface area contributed by atoms with E-state index in [2.05, 4.69) is 15.2 Å². The van der Waals surface area contributed by atoms with Crippen LogP contribution < -0.4 is 5.32 Å². The Balaban J connectivity index is 1.91. The second kappa shape index (κ2) is 9.94. The van der Waals surface area contributed by atoms with Gasteiger partial charge in [-0.3, -0.25) is 4.99 Å². The molecular formula is C18H26F2N4O2. The highest BCUT2D eigenvalue weighted by molar-refractivity contribution is 5.80. The van der Waals surface area contributed by atoms with E-state index >= 15 is 0 Å². The molecule has 1 aliphatic rings. The van der Waals surface area contributed by atoms with E-state index in [0.717, 1.165) is 12.0 Å². The number of nitrogens with one attached hydrogen (secondary N) is 1. The Bertz CT molecular complexity index is 611. The highest BCUT2D eigenvalue weighted by Crippen LogP contribution is 2.09. The third-order valence-electron chi connectivity index (χ3n) is 4.02. The number of guanidine groups is 1. The minimum absolute atomic E-state index is 0.290. The van der Waals surface area contributed by atoms with Crippen molar-refractivity contribution in [3.05, 3.63) is 35.4 Å². The van der Waals surface area contributed by atoms with Crippen LogP contribution in [-0.4, -0.2) is 67.7 Å². The van der Waals surface area contributed by atoms with Crippen molar-refractivity contribution in [1.29, 1.82) is 0 Å². The molecule has 0 atom stereocenters. The van der Waals surface area contributed by atoms with Crippen molar-refractivity contribution in [2.45, 2.75) is 20.3 Å². The molecule has 1 fully saturated rings. The minimum Gasteiger partial charge on any atom is -0.450 e. The lowest BCUT2D eigenvalue weighted by molar-refractivity contribution is 0.0914. The summed E-state index contributed by atoms with van der Waals surface area (Å²) in [6.07, 6.45) is 0.161. The van der Waals surface area contributed by atoms with Gasteiger partial charge in [0, 0.05) is 45.3 Å². The number of rotatable bonds is 5. The number of piperazine rings is 1. The van der Waals surface area contributed by atoms with Crippen LogP contribution >= 0.6 is 0 Å². The Morgan fingerprint density at radius 3 is 2.31 bits per heavy atom. The summed E-state index contributed by atoms with van der Waals surface area (Å²) in [5.74, 6) is -0.412. The molecule has 1 aromatic rings. The van der Waals surface area contributed by atoms with Gasteiger partial charge in [0.1, 0.15) is 11.6 Å². The first-order chi connectivity index (χ1) is 12.5. The largest absolute Gasteiger partial charge is 0.450 e. The van der Waals surface area contributed by atoms with Crippen molar-refractivity contribution in [2.75, 3.05) is 45.9 Å². The van der Waals surface area contributed by atoms with Crippen molar-refractivity contribution in [2.24, 2.45) is 4.99 Å². The second-order valence-electron chi connectivity index (χ2n) is 5.94. The third kappa shape index (κ3) is 5.86. The van der Waals surface area contributed by atoms with Crippen molar-refractivity contribution in [3.8, 4) is 0 Å². The molecule has 1 amide bonds. The van der Waals surface area contributed by atoms with Crippen LogP contribution in [0, 0.1) is 11.6 Å². The Labute approximate surface area is 152 Å². The summed E-state index contributed by atoms with van der Waals surface area (Å²) in [6, 6.07) is 3.51. The number of halogens is 2. The topological polar surface area (TPSA) is 57.2 Å². The van der Waals surface area contributed by atoms with Gasteiger partial charge >= 0.3 is 6.09 Å². The maximum Gasteiger partial charge on any atom is 0.409 e. The van der Waals surface area contributed by atoms with E-state index in [1.54, 1.807) is 11.8 Å². The number of carbonyl (C=O) groups excluding carboxylic acids is 1. The van der Waals surface area contributed by atoms with Crippen LogP contribution in [0.25, 0.3) is 0 Å².